The minimum absolute atomic E-state index is 0.00198. The van der Waals surface area contributed by atoms with Gasteiger partial charge in [-0.1, -0.05) is 13.8 Å². The first-order chi connectivity index (χ1) is 15.0. The van der Waals surface area contributed by atoms with Crippen LogP contribution in [0.4, 0.5) is 0 Å². The van der Waals surface area contributed by atoms with Crippen molar-refractivity contribution in [3.63, 3.8) is 0 Å². The van der Waals surface area contributed by atoms with E-state index in [9.17, 15) is 20.1 Å². The summed E-state index contributed by atoms with van der Waals surface area (Å²) in [7, 11) is 0. The Balaban J connectivity index is 1.45. The third kappa shape index (κ3) is 2.23. The summed E-state index contributed by atoms with van der Waals surface area (Å²) < 4.78 is 12.2. The molecule has 0 aromatic heterocycles. The average molecular weight is 437 g/mol. The summed E-state index contributed by atoms with van der Waals surface area (Å²) in [6.07, 6.45) is 2.16. The Bertz CT molecular complexity index is 1200. The summed E-state index contributed by atoms with van der Waals surface area (Å²) in [5, 5.41) is 31.4. The standard InChI is InChI=1S/C26H28O6/c1-11-16(27)8-19-20(23(11)29)24(30)14(10-31-19)12-7-13-18(9-17(12)28)32-26(4)6-5-15-22(26)21(13)25(15,2)3/h7-9,14-15,21-22,27-29H,5-6,10H2,1-4H3/t14-,15+,21+,22+,26+/m1/s1. The molecule has 0 radical (unpaired) electrons. The van der Waals surface area contributed by atoms with Crippen molar-refractivity contribution in [2.24, 2.45) is 17.3 Å². The molecule has 2 aromatic rings. The predicted molar refractivity (Wildman–Crippen MR) is 117 cm³/mol. The molecule has 5 atom stereocenters. The number of ketones is 1. The molecule has 2 aliphatic heterocycles. The van der Waals surface area contributed by atoms with Crippen LogP contribution in [0.25, 0.3) is 0 Å². The van der Waals surface area contributed by atoms with Crippen molar-refractivity contribution >= 4 is 5.78 Å². The number of fused-ring (bicyclic) bond motifs is 3. The molecule has 168 valence electrons. The number of rotatable bonds is 1. The zero-order valence-corrected chi connectivity index (χ0v) is 18.7. The summed E-state index contributed by atoms with van der Waals surface area (Å²) in [6.45, 7) is 8.38. The quantitative estimate of drug-likeness (QED) is 0.596. The summed E-state index contributed by atoms with van der Waals surface area (Å²) in [5.74, 6) is 0.754. The number of benzene rings is 2. The third-order valence-corrected chi connectivity index (χ3v) is 8.88. The van der Waals surface area contributed by atoms with E-state index < -0.39 is 5.92 Å². The van der Waals surface area contributed by atoms with E-state index in [1.165, 1.54) is 6.07 Å². The van der Waals surface area contributed by atoms with Crippen molar-refractivity contribution in [2.75, 3.05) is 6.61 Å². The van der Waals surface area contributed by atoms with Crippen LogP contribution in [-0.2, 0) is 0 Å². The van der Waals surface area contributed by atoms with E-state index in [4.69, 9.17) is 9.47 Å². The molecule has 0 unspecified atom stereocenters. The lowest BCUT2D eigenvalue weighted by molar-refractivity contribution is -0.120. The Morgan fingerprint density at radius 2 is 1.72 bits per heavy atom. The van der Waals surface area contributed by atoms with Gasteiger partial charge in [-0.2, -0.15) is 0 Å². The first-order valence-corrected chi connectivity index (χ1v) is 11.3. The first-order valence-electron chi connectivity index (χ1n) is 11.3. The highest BCUT2D eigenvalue weighted by Gasteiger charge is 2.69. The van der Waals surface area contributed by atoms with Gasteiger partial charge in [0.15, 0.2) is 5.78 Å². The lowest BCUT2D eigenvalue weighted by atomic mass is 9.45. The number of Topliss-reactive ketones (excluding diaryl/α,β-unsaturated/α-hetero) is 1. The molecule has 2 heterocycles. The monoisotopic (exact) mass is 436 g/mol. The van der Waals surface area contributed by atoms with Gasteiger partial charge in [-0.05, 0) is 55.6 Å². The van der Waals surface area contributed by atoms with Gasteiger partial charge >= 0.3 is 0 Å². The fourth-order valence-corrected chi connectivity index (χ4v) is 7.12. The van der Waals surface area contributed by atoms with Gasteiger partial charge in [0.25, 0.3) is 0 Å². The fourth-order valence-electron chi connectivity index (χ4n) is 7.12. The van der Waals surface area contributed by atoms with Gasteiger partial charge < -0.3 is 24.8 Å². The molecule has 6 nitrogen and oxygen atoms in total. The van der Waals surface area contributed by atoms with Gasteiger partial charge in [-0.25, -0.2) is 0 Å². The number of phenols is 3. The normalized spacial score (nSPS) is 33.3. The third-order valence-electron chi connectivity index (χ3n) is 8.88. The molecule has 0 saturated heterocycles. The van der Waals surface area contributed by atoms with Crippen LogP contribution < -0.4 is 9.47 Å². The largest absolute Gasteiger partial charge is 0.508 e. The van der Waals surface area contributed by atoms with Crippen molar-refractivity contribution in [1.82, 2.24) is 0 Å². The highest BCUT2D eigenvalue weighted by atomic mass is 16.5. The van der Waals surface area contributed by atoms with Crippen LogP contribution in [0.3, 0.4) is 0 Å². The van der Waals surface area contributed by atoms with Gasteiger partial charge in [0, 0.05) is 29.2 Å². The lowest BCUT2D eigenvalue weighted by Gasteiger charge is -2.62. The number of aromatic hydroxyl groups is 3. The molecule has 32 heavy (non-hydrogen) atoms. The van der Waals surface area contributed by atoms with Crippen LogP contribution in [-0.4, -0.2) is 33.3 Å². The SMILES string of the molecule is Cc1c(O)cc2c(c1O)C(=O)[C@@H](c1cc3c(cc1O)O[C@@]1(C)CC[C@H]4[C@H]1[C@H]3C4(C)C)CO2. The molecule has 2 aliphatic carbocycles. The molecule has 0 bridgehead atoms. The molecule has 4 aliphatic rings. The van der Waals surface area contributed by atoms with Crippen LogP contribution in [0.5, 0.6) is 28.7 Å². The van der Waals surface area contributed by atoms with Gasteiger partial charge in [-0.3, -0.25) is 4.79 Å². The minimum Gasteiger partial charge on any atom is -0.508 e. The molecule has 3 N–H and O–H groups in total. The smallest absolute Gasteiger partial charge is 0.181 e. The molecule has 6 rings (SSSR count). The summed E-state index contributed by atoms with van der Waals surface area (Å²) >= 11 is 0. The van der Waals surface area contributed by atoms with E-state index in [2.05, 4.69) is 20.8 Å². The maximum atomic E-state index is 13.4. The molecule has 2 saturated carbocycles. The Hall–Kier alpha value is -2.89. The van der Waals surface area contributed by atoms with E-state index in [0.717, 1.165) is 18.4 Å². The van der Waals surface area contributed by atoms with E-state index in [0.29, 0.717) is 29.1 Å². The van der Waals surface area contributed by atoms with Gasteiger partial charge in [0.05, 0.1) is 5.92 Å². The maximum Gasteiger partial charge on any atom is 0.181 e. The van der Waals surface area contributed by atoms with Crippen molar-refractivity contribution in [3.05, 3.63) is 40.5 Å². The Kier molecular flexibility index (Phi) is 3.65. The molecule has 6 heteroatoms. The topological polar surface area (TPSA) is 96.2 Å². The zero-order chi connectivity index (χ0) is 22.7. The summed E-state index contributed by atoms with van der Waals surface area (Å²) in [5.41, 5.74) is 1.74. The van der Waals surface area contributed by atoms with Crippen molar-refractivity contribution in [2.45, 2.75) is 58.0 Å². The Morgan fingerprint density at radius 3 is 2.47 bits per heavy atom. The van der Waals surface area contributed by atoms with Crippen LogP contribution in [0, 0.1) is 24.2 Å². The van der Waals surface area contributed by atoms with Crippen molar-refractivity contribution in [1.29, 1.82) is 0 Å². The number of carbonyl (C=O) groups is 1. The molecular formula is C26H28O6. The molecule has 2 aromatic carbocycles. The number of hydrogen-bond acceptors (Lipinski definition) is 6. The van der Waals surface area contributed by atoms with Crippen LogP contribution in [0.1, 0.15) is 72.5 Å². The number of carbonyl (C=O) groups excluding carboxylic acids is 1. The molecule has 2 fully saturated rings. The molecular weight excluding hydrogens is 408 g/mol. The van der Waals surface area contributed by atoms with E-state index in [-0.39, 0.29) is 57.5 Å². The van der Waals surface area contributed by atoms with E-state index in [1.54, 1.807) is 13.0 Å². The Morgan fingerprint density at radius 1 is 1.00 bits per heavy atom. The highest BCUT2D eigenvalue weighted by Crippen LogP contribution is 2.73. The highest BCUT2D eigenvalue weighted by molar-refractivity contribution is 6.07. The van der Waals surface area contributed by atoms with Crippen molar-refractivity contribution in [3.8, 4) is 28.7 Å². The average Bonchev–Trinajstić information content (AvgIpc) is 3.06. The van der Waals surface area contributed by atoms with Crippen LogP contribution in [0.2, 0.25) is 0 Å². The maximum absolute atomic E-state index is 13.4. The second-order valence-corrected chi connectivity index (χ2v) is 10.8. The van der Waals surface area contributed by atoms with Crippen LogP contribution in [0.15, 0.2) is 18.2 Å². The summed E-state index contributed by atoms with van der Waals surface area (Å²) in [4.78, 5) is 13.4. The first kappa shape index (κ1) is 19.8. The molecule has 0 amide bonds. The van der Waals surface area contributed by atoms with Crippen LogP contribution >= 0.6 is 0 Å². The molecule has 0 spiro atoms. The van der Waals surface area contributed by atoms with Gasteiger partial charge in [0.1, 0.15) is 46.5 Å². The second kappa shape index (κ2) is 5.91. The number of ether oxygens (including phenoxy) is 2. The predicted octanol–water partition coefficient (Wildman–Crippen LogP) is 4.77. The second-order valence-electron chi connectivity index (χ2n) is 10.8. The van der Waals surface area contributed by atoms with Gasteiger partial charge in [0.2, 0.25) is 0 Å². The van der Waals surface area contributed by atoms with E-state index >= 15 is 0 Å². The Labute approximate surface area is 186 Å². The minimum atomic E-state index is -0.751. The fraction of sp³-hybridized carbons (Fsp3) is 0.500. The zero-order valence-electron chi connectivity index (χ0n) is 18.7. The van der Waals surface area contributed by atoms with Gasteiger partial charge in [-0.15, -0.1) is 0 Å². The number of hydrogen-bond donors (Lipinski definition) is 3. The van der Waals surface area contributed by atoms with E-state index in [1.807, 2.05) is 6.07 Å². The van der Waals surface area contributed by atoms with Crippen molar-refractivity contribution < 1.29 is 29.6 Å². The lowest BCUT2D eigenvalue weighted by Crippen LogP contribution is -2.59. The summed E-state index contributed by atoms with van der Waals surface area (Å²) in [6, 6.07) is 4.93. The number of phenolic OH excluding ortho intramolecular Hbond substituents is 3.